The van der Waals surface area contributed by atoms with E-state index in [-0.39, 0.29) is 28.4 Å². The number of hydrogen-bond acceptors (Lipinski definition) is 8. The summed E-state index contributed by atoms with van der Waals surface area (Å²) in [5.41, 5.74) is 1.67. The molecular weight excluding hydrogens is 826 g/mol. The van der Waals surface area contributed by atoms with Crippen LogP contribution in [-0.4, -0.2) is 44.3 Å². The lowest BCUT2D eigenvalue weighted by Gasteiger charge is -2.18. The van der Waals surface area contributed by atoms with Crippen LogP contribution >= 0.6 is 11.6 Å². The summed E-state index contributed by atoms with van der Waals surface area (Å²) in [5.74, 6) is -2.22. The number of alkyl halides is 11. The summed E-state index contributed by atoms with van der Waals surface area (Å²) in [7, 11) is 0. The van der Waals surface area contributed by atoms with Crippen LogP contribution in [0.2, 0.25) is 0 Å². The van der Waals surface area contributed by atoms with Gasteiger partial charge in [0, 0.05) is 37.2 Å². The standard InChI is InChI=1S/C19H11F5N4O.C13H8F3N3O.C6H4ClF2N/c20-18(21,22)17-27-26-16-8-5-13(11-28(16)17)12-3-6-15(7-4-12)29-19(23,24)14-2-1-9-25-10-14;14-13(15,16)12-18-17-11-6-3-9(7-19(11)12)8-1-4-10(20)5-2-8;7-6(8,9)5-2-1-3-10-4-5/h1-11H;1-7,20H;1-4H. The van der Waals surface area contributed by atoms with Crippen molar-refractivity contribution >= 4 is 22.9 Å². The minimum Gasteiger partial charge on any atom is -0.508 e. The number of aromatic hydroxyl groups is 1. The molecule has 10 nitrogen and oxygen atoms in total. The van der Waals surface area contributed by atoms with Crippen molar-refractivity contribution in [1.82, 2.24) is 39.2 Å². The Morgan fingerprint density at radius 1 is 0.508 bits per heavy atom. The smallest absolute Gasteiger partial charge is 0.452 e. The first kappa shape index (κ1) is 41.8. The number of phenols is 1. The molecule has 0 bridgehead atoms. The Kier molecular flexibility index (Phi) is 11.7. The minimum absolute atomic E-state index is 0.0390. The van der Waals surface area contributed by atoms with E-state index in [4.69, 9.17) is 4.74 Å². The van der Waals surface area contributed by atoms with Gasteiger partial charge in [0.1, 0.15) is 11.5 Å². The molecule has 0 amide bonds. The molecule has 0 saturated heterocycles. The van der Waals surface area contributed by atoms with Crippen molar-refractivity contribution in [2.24, 2.45) is 0 Å². The van der Waals surface area contributed by atoms with Crippen molar-refractivity contribution < 1.29 is 53.7 Å². The van der Waals surface area contributed by atoms with E-state index in [1.54, 1.807) is 24.3 Å². The van der Waals surface area contributed by atoms with Gasteiger partial charge in [-0.1, -0.05) is 24.3 Å². The molecule has 0 aliphatic carbocycles. The fraction of sp³-hybridized carbons (Fsp3) is 0.105. The molecule has 0 unspecified atom stereocenters. The summed E-state index contributed by atoms with van der Waals surface area (Å²) in [5, 5.41) is 19.2. The van der Waals surface area contributed by atoms with Crippen molar-refractivity contribution in [3.05, 3.63) is 157 Å². The molecule has 0 radical (unpaired) electrons. The fourth-order valence-corrected chi connectivity index (χ4v) is 5.26. The Balaban J connectivity index is 0.000000168. The summed E-state index contributed by atoms with van der Waals surface area (Å²) < 4.78 is 137. The molecule has 304 valence electrons. The molecule has 21 heteroatoms. The third-order valence-electron chi connectivity index (χ3n) is 7.93. The van der Waals surface area contributed by atoms with Crippen molar-refractivity contribution in [3.8, 4) is 33.8 Å². The number of benzene rings is 2. The van der Waals surface area contributed by atoms with Crippen molar-refractivity contribution in [3.63, 3.8) is 0 Å². The van der Waals surface area contributed by atoms with Crippen LogP contribution in [0, 0.1) is 0 Å². The molecule has 0 atom stereocenters. The Labute approximate surface area is 330 Å². The number of halogens is 11. The van der Waals surface area contributed by atoms with E-state index in [0.717, 1.165) is 21.2 Å². The highest BCUT2D eigenvalue weighted by Gasteiger charge is 2.38. The lowest BCUT2D eigenvalue weighted by Crippen LogP contribution is -2.21. The van der Waals surface area contributed by atoms with Gasteiger partial charge in [0.05, 0.1) is 11.1 Å². The SMILES string of the molecule is FC(F)(Cl)c1cccnc1.FC(F)(F)c1nnc2ccc(-c3ccc(OC(F)(F)c4cccnc4)cc3)cn12.Oc1ccc(-c2ccc3nnc(C(F)(F)F)n3c2)cc1. The molecule has 0 aliphatic heterocycles. The molecule has 8 rings (SSSR count). The zero-order valence-corrected chi connectivity index (χ0v) is 30.0. The van der Waals surface area contributed by atoms with Gasteiger partial charge < -0.3 is 9.84 Å². The summed E-state index contributed by atoms with van der Waals surface area (Å²) >= 11 is 4.69. The summed E-state index contributed by atoms with van der Waals surface area (Å²) in [6, 6.07) is 23.0. The average Bonchev–Trinajstić information content (AvgIpc) is 3.84. The molecule has 0 spiro atoms. The van der Waals surface area contributed by atoms with E-state index in [0.29, 0.717) is 22.3 Å². The Morgan fingerprint density at radius 3 is 1.32 bits per heavy atom. The first-order chi connectivity index (χ1) is 27.8. The molecule has 1 N–H and O–H groups in total. The van der Waals surface area contributed by atoms with Gasteiger partial charge in [0.15, 0.2) is 11.3 Å². The summed E-state index contributed by atoms with van der Waals surface area (Å²) in [6.45, 7) is 0. The highest BCUT2D eigenvalue weighted by molar-refractivity contribution is 6.21. The number of hydrogen-bond donors (Lipinski definition) is 1. The number of rotatable bonds is 6. The highest BCUT2D eigenvalue weighted by atomic mass is 35.5. The van der Waals surface area contributed by atoms with Crippen LogP contribution in [0.4, 0.5) is 43.9 Å². The van der Waals surface area contributed by atoms with Crippen LogP contribution in [0.15, 0.2) is 134 Å². The van der Waals surface area contributed by atoms with E-state index in [1.165, 1.54) is 97.6 Å². The van der Waals surface area contributed by atoms with Gasteiger partial charge >= 0.3 is 23.8 Å². The van der Waals surface area contributed by atoms with Gasteiger partial charge in [-0.25, -0.2) is 0 Å². The topological polar surface area (TPSA) is 116 Å². The van der Waals surface area contributed by atoms with Crippen LogP contribution < -0.4 is 4.74 Å². The number of nitrogens with zero attached hydrogens (tertiary/aromatic N) is 8. The molecular formula is C38H23ClF10N8O2. The van der Waals surface area contributed by atoms with Gasteiger partial charge in [0.25, 0.3) is 0 Å². The first-order valence-electron chi connectivity index (χ1n) is 16.5. The minimum atomic E-state index is -4.66. The molecule has 59 heavy (non-hydrogen) atoms. The number of phenolic OH excluding ortho intramolecular Hbond substituents is 1. The Bertz CT molecular complexity index is 2640. The largest absolute Gasteiger partial charge is 0.508 e. The predicted octanol–water partition coefficient (Wildman–Crippen LogP) is 10.4. The van der Waals surface area contributed by atoms with Gasteiger partial charge in [0.2, 0.25) is 11.6 Å². The van der Waals surface area contributed by atoms with E-state index in [9.17, 15) is 49.0 Å². The van der Waals surface area contributed by atoms with Crippen LogP contribution in [-0.2, 0) is 23.8 Å². The molecule has 0 saturated carbocycles. The van der Waals surface area contributed by atoms with Crippen LogP contribution in [0.3, 0.4) is 0 Å². The maximum Gasteiger partial charge on any atom is 0.452 e. The van der Waals surface area contributed by atoms with Crippen LogP contribution in [0.5, 0.6) is 11.5 Å². The van der Waals surface area contributed by atoms with Crippen molar-refractivity contribution in [1.29, 1.82) is 0 Å². The van der Waals surface area contributed by atoms with Crippen LogP contribution in [0.1, 0.15) is 22.8 Å². The van der Waals surface area contributed by atoms with E-state index in [2.05, 4.69) is 42.0 Å². The summed E-state index contributed by atoms with van der Waals surface area (Å²) in [4.78, 5) is 7.13. The lowest BCUT2D eigenvalue weighted by atomic mass is 10.1. The predicted molar refractivity (Wildman–Crippen MR) is 191 cm³/mol. The number of aromatic nitrogens is 8. The highest BCUT2D eigenvalue weighted by Crippen LogP contribution is 2.34. The second-order valence-corrected chi connectivity index (χ2v) is 12.5. The van der Waals surface area contributed by atoms with E-state index < -0.39 is 41.1 Å². The third-order valence-corrected chi connectivity index (χ3v) is 8.15. The quantitative estimate of drug-likeness (QED) is 0.130. The number of pyridine rings is 4. The summed E-state index contributed by atoms with van der Waals surface area (Å²) in [6.07, 6.45) is -5.44. The van der Waals surface area contributed by atoms with Gasteiger partial charge in [-0.3, -0.25) is 18.8 Å². The van der Waals surface area contributed by atoms with Crippen LogP contribution in [0.25, 0.3) is 33.5 Å². The van der Waals surface area contributed by atoms with E-state index in [1.807, 2.05) is 0 Å². The molecule has 8 aromatic rings. The van der Waals surface area contributed by atoms with Gasteiger partial charge in [-0.2, -0.15) is 43.9 Å². The molecule has 2 aromatic carbocycles. The third kappa shape index (κ3) is 10.2. The Hall–Kier alpha value is -6.83. The molecule has 0 fully saturated rings. The van der Waals surface area contributed by atoms with Gasteiger partial charge in [-0.05, 0) is 107 Å². The molecule has 6 heterocycles. The second-order valence-electron chi connectivity index (χ2n) is 12.0. The maximum absolute atomic E-state index is 14.2. The monoisotopic (exact) mass is 848 g/mol. The van der Waals surface area contributed by atoms with Gasteiger partial charge in [-0.15, -0.1) is 20.4 Å². The average molecular weight is 849 g/mol. The fourth-order valence-electron chi connectivity index (χ4n) is 5.15. The van der Waals surface area contributed by atoms with E-state index >= 15 is 0 Å². The number of ether oxygens (including phenoxy) is 1. The maximum atomic E-state index is 14.2. The first-order valence-corrected chi connectivity index (χ1v) is 16.9. The number of fused-ring (bicyclic) bond motifs is 2. The van der Waals surface area contributed by atoms with Crippen molar-refractivity contribution in [2.45, 2.75) is 23.8 Å². The Morgan fingerprint density at radius 2 is 0.932 bits per heavy atom. The second kappa shape index (κ2) is 16.6. The zero-order chi connectivity index (χ0) is 42.6. The molecule has 0 aliphatic rings. The zero-order valence-electron chi connectivity index (χ0n) is 29.3. The molecule has 6 aromatic heterocycles. The normalized spacial score (nSPS) is 12.1. The lowest BCUT2D eigenvalue weighted by molar-refractivity contribution is -0.185. The van der Waals surface area contributed by atoms with Crippen molar-refractivity contribution in [2.75, 3.05) is 0 Å².